The Morgan fingerprint density at radius 2 is 2.18 bits per heavy atom. The van der Waals surface area contributed by atoms with Gasteiger partial charge < -0.3 is 14.8 Å². The Kier molecular flexibility index (Phi) is 4.29. The molecule has 1 N–H and O–H groups in total. The molecule has 6 rings (SSSR count). The van der Waals surface area contributed by atoms with E-state index in [2.05, 4.69) is 22.3 Å². The molecule has 2 fully saturated rings. The van der Waals surface area contributed by atoms with Crippen molar-refractivity contribution in [3.63, 3.8) is 0 Å². The SMILES string of the molecule is CC(C)Oc1cc2nn([C@]34CC[C@](C)(C3)OC4)cc2cc1C(=O)Nc1cnn2cccnc12. The number of carbonyl (C=O) groups excluding carboxylic acids is 1. The lowest BCUT2D eigenvalue weighted by molar-refractivity contribution is -0.0149. The molecule has 9 heteroatoms. The molecule has 0 radical (unpaired) electrons. The first kappa shape index (κ1) is 20.2. The molecular weight excluding hydrogens is 420 g/mol. The second-order valence-electron chi connectivity index (χ2n) is 9.69. The van der Waals surface area contributed by atoms with E-state index in [1.807, 2.05) is 36.9 Å². The van der Waals surface area contributed by atoms with Gasteiger partial charge in [0.15, 0.2) is 5.65 Å². The zero-order chi connectivity index (χ0) is 22.8. The minimum absolute atomic E-state index is 0.0580. The monoisotopic (exact) mass is 446 g/mol. The number of carbonyl (C=O) groups is 1. The molecule has 1 aliphatic heterocycles. The average molecular weight is 447 g/mol. The second kappa shape index (κ2) is 7.02. The summed E-state index contributed by atoms with van der Waals surface area (Å²) in [5.41, 5.74) is 2.20. The van der Waals surface area contributed by atoms with E-state index < -0.39 is 0 Å². The summed E-state index contributed by atoms with van der Waals surface area (Å²) in [6, 6.07) is 5.49. The van der Waals surface area contributed by atoms with E-state index >= 15 is 0 Å². The molecule has 4 heterocycles. The van der Waals surface area contributed by atoms with Gasteiger partial charge in [-0.1, -0.05) is 0 Å². The van der Waals surface area contributed by atoms with E-state index in [4.69, 9.17) is 14.6 Å². The van der Waals surface area contributed by atoms with Crippen LogP contribution in [-0.4, -0.2) is 48.6 Å². The summed E-state index contributed by atoms with van der Waals surface area (Å²) in [4.78, 5) is 17.6. The fraction of sp³-hybridized carbons (Fsp3) is 0.417. The fourth-order valence-corrected chi connectivity index (χ4v) is 5.12. The molecule has 170 valence electrons. The van der Waals surface area contributed by atoms with Crippen molar-refractivity contribution in [2.24, 2.45) is 0 Å². The molecule has 1 saturated heterocycles. The van der Waals surface area contributed by atoms with Crippen LogP contribution in [0, 0.1) is 0 Å². The molecule has 0 spiro atoms. The van der Waals surface area contributed by atoms with E-state index in [0.717, 1.165) is 30.2 Å². The molecule has 1 aliphatic carbocycles. The number of anilines is 1. The van der Waals surface area contributed by atoms with Crippen molar-refractivity contribution >= 4 is 28.1 Å². The third-order valence-corrected chi connectivity index (χ3v) is 6.74. The number of nitrogens with zero attached hydrogens (tertiary/aromatic N) is 5. The minimum Gasteiger partial charge on any atom is -0.490 e. The Morgan fingerprint density at radius 1 is 1.30 bits per heavy atom. The molecule has 1 amide bonds. The number of nitrogens with one attached hydrogen (secondary N) is 1. The summed E-state index contributed by atoms with van der Waals surface area (Å²) in [7, 11) is 0. The predicted octanol–water partition coefficient (Wildman–Crippen LogP) is 3.79. The minimum atomic E-state index is -0.281. The standard InChI is InChI=1S/C24H26N6O3/c1-15(2)33-20-10-18-16(12-30(28-18)24-6-5-23(3,13-24)32-14-24)9-17(20)22(31)27-19-11-26-29-8-4-7-25-21(19)29/h4,7-12,15H,5-6,13-14H2,1-3H3,(H,27,31)/t23-,24-/m1/s1. The van der Waals surface area contributed by atoms with Crippen LogP contribution in [0.25, 0.3) is 16.6 Å². The number of ether oxygens (including phenoxy) is 2. The second-order valence-corrected chi connectivity index (χ2v) is 9.69. The fourth-order valence-electron chi connectivity index (χ4n) is 5.12. The largest absolute Gasteiger partial charge is 0.490 e. The highest BCUT2D eigenvalue weighted by molar-refractivity contribution is 6.09. The van der Waals surface area contributed by atoms with Crippen molar-refractivity contribution in [3.05, 3.63) is 48.5 Å². The molecule has 2 bridgehead atoms. The first-order valence-electron chi connectivity index (χ1n) is 11.3. The molecule has 33 heavy (non-hydrogen) atoms. The van der Waals surface area contributed by atoms with E-state index in [1.54, 1.807) is 29.2 Å². The maximum atomic E-state index is 13.3. The van der Waals surface area contributed by atoms with Gasteiger partial charge in [-0.05, 0) is 45.7 Å². The molecule has 0 unspecified atom stereocenters. The highest BCUT2D eigenvalue weighted by Gasteiger charge is 2.54. The number of amides is 1. The van der Waals surface area contributed by atoms with Crippen molar-refractivity contribution < 1.29 is 14.3 Å². The molecular formula is C24H26N6O3. The van der Waals surface area contributed by atoms with Crippen LogP contribution >= 0.6 is 0 Å². The normalized spacial score (nSPS) is 24.2. The topological polar surface area (TPSA) is 95.6 Å². The van der Waals surface area contributed by atoms with Crippen LogP contribution in [0.15, 0.2) is 43.0 Å². The first-order valence-corrected chi connectivity index (χ1v) is 11.3. The highest BCUT2D eigenvalue weighted by Crippen LogP contribution is 2.51. The van der Waals surface area contributed by atoms with Gasteiger partial charge in [0, 0.05) is 36.5 Å². The molecule has 1 aromatic carbocycles. The lowest BCUT2D eigenvalue weighted by Crippen LogP contribution is -2.33. The zero-order valence-electron chi connectivity index (χ0n) is 18.9. The number of rotatable bonds is 5. The van der Waals surface area contributed by atoms with Gasteiger partial charge in [-0.15, -0.1) is 0 Å². The summed E-state index contributed by atoms with van der Waals surface area (Å²) < 4.78 is 15.7. The van der Waals surface area contributed by atoms with Crippen molar-refractivity contribution in [2.75, 3.05) is 11.9 Å². The summed E-state index contributed by atoms with van der Waals surface area (Å²) in [6.07, 6.45) is 10.0. The number of benzene rings is 1. The van der Waals surface area contributed by atoms with Gasteiger partial charge in [0.1, 0.15) is 11.4 Å². The van der Waals surface area contributed by atoms with E-state index in [0.29, 0.717) is 29.3 Å². The van der Waals surface area contributed by atoms with Crippen LogP contribution in [0.2, 0.25) is 0 Å². The van der Waals surface area contributed by atoms with Gasteiger partial charge in [-0.2, -0.15) is 10.2 Å². The van der Waals surface area contributed by atoms with E-state index in [9.17, 15) is 4.79 Å². The summed E-state index contributed by atoms with van der Waals surface area (Å²) in [5, 5.41) is 13.0. The number of aromatic nitrogens is 5. The van der Waals surface area contributed by atoms with Crippen LogP contribution in [0.1, 0.15) is 50.4 Å². The lowest BCUT2D eigenvalue weighted by atomic mass is 9.99. The summed E-state index contributed by atoms with van der Waals surface area (Å²) >= 11 is 0. The Labute approximate surface area is 190 Å². The number of hydrogen-bond donors (Lipinski definition) is 1. The predicted molar refractivity (Wildman–Crippen MR) is 123 cm³/mol. The van der Waals surface area contributed by atoms with E-state index in [1.165, 1.54) is 0 Å². The summed E-state index contributed by atoms with van der Waals surface area (Å²) in [5.74, 6) is 0.220. The van der Waals surface area contributed by atoms with Gasteiger partial charge in [0.2, 0.25) is 0 Å². The Hall–Kier alpha value is -3.46. The Balaban J connectivity index is 1.39. The molecule has 3 aromatic heterocycles. The third-order valence-electron chi connectivity index (χ3n) is 6.74. The molecule has 1 saturated carbocycles. The maximum absolute atomic E-state index is 13.3. The Morgan fingerprint density at radius 3 is 2.91 bits per heavy atom. The van der Waals surface area contributed by atoms with Crippen LogP contribution in [0.4, 0.5) is 5.69 Å². The number of hydrogen-bond acceptors (Lipinski definition) is 6. The van der Waals surface area contributed by atoms with E-state index in [-0.39, 0.29) is 23.2 Å². The molecule has 2 atom stereocenters. The summed E-state index contributed by atoms with van der Waals surface area (Å²) in [6.45, 7) is 6.72. The van der Waals surface area contributed by atoms with Gasteiger partial charge >= 0.3 is 0 Å². The smallest absolute Gasteiger partial charge is 0.259 e. The molecule has 4 aromatic rings. The Bertz CT molecular complexity index is 1380. The zero-order valence-corrected chi connectivity index (χ0v) is 18.9. The van der Waals surface area contributed by atoms with Crippen LogP contribution in [-0.2, 0) is 10.3 Å². The van der Waals surface area contributed by atoms with Crippen molar-refractivity contribution in [3.8, 4) is 5.75 Å². The third kappa shape index (κ3) is 3.26. The molecule has 9 nitrogen and oxygen atoms in total. The van der Waals surface area contributed by atoms with Crippen molar-refractivity contribution in [1.82, 2.24) is 24.4 Å². The highest BCUT2D eigenvalue weighted by atomic mass is 16.5. The van der Waals surface area contributed by atoms with Gasteiger partial charge in [-0.3, -0.25) is 9.48 Å². The van der Waals surface area contributed by atoms with Gasteiger partial charge in [0.25, 0.3) is 5.91 Å². The van der Waals surface area contributed by atoms with Crippen LogP contribution in [0.3, 0.4) is 0 Å². The molecule has 2 aliphatic rings. The maximum Gasteiger partial charge on any atom is 0.259 e. The quantitative estimate of drug-likeness (QED) is 0.501. The van der Waals surface area contributed by atoms with Crippen LogP contribution < -0.4 is 10.1 Å². The van der Waals surface area contributed by atoms with Crippen LogP contribution in [0.5, 0.6) is 5.75 Å². The number of fused-ring (bicyclic) bond motifs is 4. The first-order chi connectivity index (χ1) is 15.8. The van der Waals surface area contributed by atoms with Gasteiger partial charge in [-0.25, -0.2) is 9.50 Å². The lowest BCUT2D eigenvalue weighted by Gasteiger charge is -2.26. The van der Waals surface area contributed by atoms with Crippen molar-refractivity contribution in [2.45, 2.75) is 57.3 Å². The average Bonchev–Trinajstić information content (AvgIpc) is 3.54. The van der Waals surface area contributed by atoms with Gasteiger partial charge in [0.05, 0.1) is 41.1 Å². The van der Waals surface area contributed by atoms with Crippen molar-refractivity contribution in [1.29, 1.82) is 0 Å².